The summed E-state index contributed by atoms with van der Waals surface area (Å²) in [5.41, 5.74) is 11.0. The number of benzene rings is 7. The molecule has 0 atom stereocenters. The van der Waals surface area contributed by atoms with Gasteiger partial charge in [-0.3, -0.25) is 0 Å². The van der Waals surface area contributed by atoms with E-state index in [9.17, 15) is 0 Å². The zero-order chi connectivity index (χ0) is 39.6. The lowest BCUT2D eigenvalue weighted by molar-refractivity contribution is 0.661. The first kappa shape index (κ1) is 25.2. The van der Waals surface area contributed by atoms with Crippen molar-refractivity contribution in [1.29, 1.82) is 0 Å². The van der Waals surface area contributed by atoms with Crippen LogP contribution >= 0.6 is 0 Å². The second kappa shape index (κ2) is 11.1. The molecule has 53 heavy (non-hydrogen) atoms. The van der Waals surface area contributed by atoms with E-state index in [1.165, 1.54) is 33.0 Å². The van der Waals surface area contributed by atoms with Gasteiger partial charge in [0.15, 0.2) is 17.5 Å². The standard InChI is InChI=1S/C48H32N4O/c1-48(2)37-19-11-9-17-34(37)43-38(48)24-25-40-44(43)35-18-10-12-20-39(35)52(40)32-22-26-41-36(28-32)33-23-21-31(27-42(33)53-41)47-50-45(29-13-5-3-6-14-29)49-46(51-47)30-15-7-4-8-16-30/h3-28H,1-2H3/i3D,5D,6D,13D,14D. The van der Waals surface area contributed by atoms with Gasteiger partial charge in [0.2, 0.25) is 0 Å². The molecule has 1 aliphatic carbocycles. The number of hydrogen-bond donors (Lipinski definition) is 0. The Morgan fingerprint density at radius 3 is 2.13 bits per heavy atom. The Bertz CT molecular complexity index is 3360. The molecule has 0 fully saturated rings. The van der Waals surface area contributed by atoms with Crippen molar-refractivity contribution in [1.82, 2.24) is 19.5 Å². The van der Waals surface area contributed by atoms with E-state index in [4.69, 9.17) is 21.2 Å². The van der Waals surface area contributed by atoms with Crippen LogP contribution in [-0.2, 0) is 5.41 Å². The summed E-state index contributed by atoms with van der Waals surface area (Å²) in [7, 11) is 0. The monoisotopic (exact) mass is 685 g/mol. The minimum Gasteiger partial charge on any atom is -0.456 e. The zero-order valence-electron chi connectivity index (χ0n) is 33.8. The zero-order valence-corrected chi connectivity index (χ0v) is 28.8. The molecule has 5 heteroatoms. The number of nitrogens with zero attached hydrogens (tertiary/aromatic N) is 4. The normalized spacial score (nSPS) is 14.6. The number of fused-ring (bicyclic) bond motifs is 10. The van der Waals surface area contributed by atoms with Gasteiger partial charge in [-0.15, -0.1) is 0 Å². The van der Waals surface area contributed by atoms with Crippen molar-refractivity contribution >= 4 is 43.7 Å². The molecule has 0 aliphatic heterocycles. The van der Waals surface area contributed by atoms with Gasteiger partial charge in [0.1, 0.15) is 11.2 Å². The van der Waals surface area contributed by atoms with E-state index in [-0.39, 0.29) is 34.7 Å². The van der Waals surface area contributed by atoms with Crippen molar-refractivity contribution in [2.24, 2.45) is 0 Å². The van der Waals surface area contributed by atoms with Gasteiger partial charge in [0, 0.05) is 49.3 Å². The summed E-state index contributed by atoms with van der Waals surface area (Å²) < 4.78 is 50.8. The fourth-order valence-electron chi connectivity index (χ4n) is 8.27. The van der Waals surface area contributed by atoms with Crippen LogP contribution < -0.4 is 0 Å². The molecular formula is C48H32N4O. The minimum atomic E-state index is -0.480. The quantitative estimate of drug-likeness (QED) is 0.185. The highest BCUT2D eigenvalue weighted by Crippen LogP contribution is 2.53. The fourth-order valence-corrected chi connectivity index (χ4v) is 8.27. The first-order valence-corrected chi connectivity index (χ1v) is 17.6. The van der Waals surface area contributed by atoms with Gasteiger partial charge in [0.05, 0.1) is 17.9 Å². The second-order valence-corrected chi connectivity index (χ2v) is 14.1. The molecular weight excluding hydrogens is 649 g/mol. The van der Waals surface area contributed by atoms with Crippen LogP contribution in [0.3, 0.4) is 0 Å². The molecule has 0 saturated carbocycles. The van der Waals surface area contributed by atoms with Crippen LogP contribution in [0.5, 0.6) is 0 Å². The maximum Gasteiger partial charge on any atom is 0.164 e. The molecule has 3 aromatic heterocycles. The number of rotatable bonds is 4. The highest BCUT2D eigenvalue weighted by molar-refractivity contribution is 6.18. The Morgan fingerprint density at radius 1 is 0.547 bits per heavy atom. The fraction of sp³-hybridized carbons (Fsp3) is 0.0625. The van der Waals surface area contributed by atoms with Gasteiger partial charge in [-0.05, 0) is 64.7 Å². The van der Waals surface area contributed by atoms with E-state index in [2.05, 4.69) is 96.2 Å². The molecule has 0 unspecified atom stereocenters. The number of aromatic nitrogens is 4. The van der Waals surface area contributed by atoms with E-state index in [0.717, 1.165) is 33.1 Å². The molecule has 0 spiro atoms. The third kappa shape index (κ3) is 4.40. The Labute approximate surface area is 312 Å². The summed E-state index contributed by atoms with van der Waals surface area (Å²) in [6.07, 6.45) is 0. The summed E-state index contributed by atoms with van der Waals surface area (Å²) in [4.78, 5) is 14.2. The van der Waals surface area contributed by atoms with Gasteiger partial charge in [-0.1, -0.05) is 129 Å². The Balaban J connectivity index is 1.08. The van der Waals surface area contributed by atoms with Crippen molar-refractivity contribution < 1.29 is 11.3 Å². The van der Waals surface area contributed by atoms with Gasteiger partial charge in [0.25, 0.3) is 0 Å². The third-order valence-electron chi connectivity index (χ3n) is 10.7. The summed E-state index contributed by atoms with van der Waals surface area (Å²) >= 11 is 0. The first-order valence-electron chi connectivity index (χ1n) is 20.1. The lowest BCUT2D eigenvalue weighted by Crippen LogP contribution is -2.14. The van der Waals surface area contributed by atoms with Crippen LogP contribution in [0.1, 0.15) is 31.8 Å². The second-order valence-electron chi connectivity index (χ2n) is 14.1. The predicted octanol–water partition coefficient (Wildman–Crippen LogP) is 12.2. The predicted molar refractivity (Wildman–Crippen MR) is 215 cm³/mol. The molecule has 0 bridgehead atoms. The Morgan fingerprint density at radius 2 is 1.28 bits per heavy atom. The first-order chi connectivity index (χ1) is 28.1. The topological polar surface area (TPSA) is 56.7 Å². The summed E-state index contributed by atoms with van der Waals surface area (Å²) in [5.74, 6) is 0.575. The van der Waals surface area contributed by atoms with Crippen LogP contribution in [0, 0.1) is 0 Å². The molecule has 0 radical (unpaired) electrons. The van der Waals surface area contributed by atoms with Crippen molar-refractivity contribution in [2.45, 2.75) is 19.3 Å². The van der Waals surface area contributed by atoms with Crippen molar-refractivity contribution in [2.75, 3.05) is 0 Å². The molecule has 0 N–H and O–H groups in total. The Kier molecular flexibility index (Phi) is 5.26. The maximum atomic E-state index is 8.64. The van der Waals surface area contributed by atoms with Crippen LogP contribution in [0.4, 0.5) is 0 Å². The number of para-hydroxylation sites is 1. The maximum absolute atomic E-state index is 8.64. The Hall–Kier alpha value is -6.85. The minimum absolute atomic E-state index is 0.0148. The van der Waals surface area contributed by atoms with Crippen LogP contribution in [0.15, 0.2) is 162 Å². The van der Waals surface area contributed by atoms with Crippen LogP contribution in [0.2, 0.25) is 0 Å². The smallest absolute Gasteiger partial charge is 0.164 e. The van der Waals surface area contributed by atoms with E-state index in [1.54, 1.807) is 0 Å². The molecule has 3 heterocycles. The third-order valence-corrected chi connectivity index (χ3v) is 10.7. The number of furan rings is 1. The summed E-state index contributed by atoms with van der Waals surface area (Å²) in [6, 6.07) is 41.2. The lowest BCUT2D eigenvalue weighted by atomic mass is 9.82. The highest BCUT2D eigenvalue weighted by Gasteiger charge is 2.37. The largest absolute Gasteiger partial charge is 0.456 e. The molecule has 7 aromatic carbocycles. The van der Waals surface area contributed by atoms with Gasteiger partial charge in [-0.2, -0.15) is 0 Å². The lowest BCUT2D eigenvalue weighted by Gasteiger charge is -2.21. The van der Waals surface area contributed by atoms with E-state index in [0.29, 0.717) is 22.5 Å². The number of hydrogen-bond acceptors (Lipinski definition) is 4. The molecule has 250 valence electrons. The average molecular weight is 686 g/mol. The van der Waals surface area contributed by atoms with Crippen molar-refractivity contribution in [3.05, 3.63) is 169 Å². The molecule has 1 aliphatic rings. The van der Waals surface area contributed by atoms with Crippen LogP contribution in [-0.4, -0.2) is 19.5 Å². The molecule has 0 amide bonds. The SMILES string of the molecule is [2H]c1c([2H])c([2H])c(-c2nc(-c3ccccc3)nc(-c3ccc4c(c3)oc3ccc(-n5c6ccccc6c6c7c(ccc65)C(C)(C)c5ccccc5-7)cc34)n2)c([2H])c1[2H]. The molecule has 11 rings (SSSR count). The summed E-state index contributed by atoms with van der Waals surface area (Å²) in [5, 5.41) is 4.33. The highest BCUT2D eigenvalue weighted by atomic mass is 16.3. The van der Waals surface area contributed by atoms with Crippen molar-refractivity contribution in [3.63, 3.8) is 0 Å². The summed E-state index contributed by atoms with van der Waals surface area (Å²) in [6.45, 7) is 4.63. The van der Waals surface area contributed by atoms with E-state index < -0.39 is 18.1 Å². The van der Waals surface area contributed by atoms with E-state index >= 15 is 0 Å². The molecule has 5 nitrogen and oxygen atoms in total. The molecule has 10 aromatic rings. The van der Waals surface area contributed by atoms with Gasteiger partial charge >= 0.3 is 0 Å². The molecule has 0 saturated heterocycles. The average Bonchev–Trinajstić information content (AvgIpc) is 3.87. The van der Waals surface area contributed by atoms with E-state index in [1.807, 2.05) is 54.6 Å². The van der Waals surface area contributed by atoms with Gasteiger partial charge < -0.3 is 8.98 Å². The van der Waals surface area contributed by atoms with Crippen LogP contribution in [0.25, 0.3) is 94.7 Å². The van der Waals surface area contributed by atoms with Gasteiger partial charge in [-0.25, -0.2) is 15.0 Å². The van der Waals surface area contributed by atoms with Crippen molar-refractivity contribution in [3.8, 4) is 51.0 Å².